The molecule has 2 aromatic carbocycles. The zero-order chi connectivity index (χ0) is 13.1. The largest absolute Gasteiger partial charge is 0.449 e. The summed E-state index contributed by atoms with van der Waals surface area (Å²) in [5, 5.41) is 0.833. The van der Waals surface area contributed by atoms with E-state index in [0.29, 0.717) is 10.8 Å². The minimum absolute atomic E-state index is 0.0502. The van der Waals surface area contributed by atoms with Gasteiger partial charge in [0.1, 0.15) is 11.6 Å². The maximum Gasteiger partial charge on any atom is 0.404 e. The van der Waals surface area contributed by atoms with Gasteiger partial charge in [-0.3, -0.25) is 0 Å². The van der Waals surface area contributed by atoms with Crippen LogP contribution in [0.25, 0.3) is 10.8 Å². The van der Waals surface area contributed by atoms with E-state index in [9.17, 15) is 13.6 Å². The molecule has 0 aliphatic carbocycles. The summed E-state index contributed by atoms with van der Waals surface area (Å²) in [6.07, 6.45) is -1.01. The molecule has 0 radical (unpaired) electrons. The minimum Gasteiger partial charge on any atom is -0.449 e. The van der Waals surface area contributed by atoms with Gasteiger partial charge in [-0.1, -0.05) is 24.3 Å². The standard InChI is InChI=1S/C13H11F2NO2/c14-11-7-8-3-1-2-4-9(8)12(15)10(11)5-6-18-13(16)17/h1-4,7H,5-6H2,(H2,16,17). The first-order valence-corrected chi connectivity index (χ1v) is 5.37. The highest BCUT2D eigenvalue weighted by atomic mass is 19.1. The van der Waals surface area contributed by atoms with E-state index in [1.165, 1.54) is 6.07 Å². The van der Waals surface area contributed by atoms with Crippen LogP contribution in [0, 0.1) is 11.6 Å². The minimum atomic E-state index is -0.961. The van der Waals surface area contributed by atoms with Gasteiger partial charge in [0.2, 0.25) is 0 Å². The maximum absolute atomic E-state index is 14.0. The number of nitrogens with two attached hydrogens (primary N) is 1. The van der Waals surface area contributed by atoms with E-state index in [1.54, 1.807) is 24.3 Å². The Balaban J connectivity index is 2.35. The molecule has 0 spiro atoms. The van der Waals surface area contributed by atoms with Crippen molar-refractivity contribution < 1.29 is 18.3 Å². The molecule has 18 heavy (non-hydrogen) atoms. The summed E-state index contributed by atoms with van der Waals surface area (Å²) < 4.78 is 32.2. The molecule has 0 saturated heterocycles. The van der Waals surface area contributed by atoms with Crippen molar-refractivity contribution in [3.63, 3.8) is 0 Å². The van der Waals surface area contributed by atoms with Gasteiger partial charge < -0.3 is 10.5 Å². The quantitative estimate of drug-likeness (QED) is 0.911. The molecule has 0 atom stereocenters. The number of rotatable bonds is 3. The van der Waals surface area contributed by atoms with Gasteiger partial charge in [-0.15, -0.1) is 0 Å². The summed E-state index contributed by atoms with van der Waals surface area (Å²) in [4.78, 5) is 10.4. The first-order chi connectivity index (χ1) is 8.59. The fourth-order valence-electron chi connectivity index (χ4n) is 1.80. The summed E-state index contributed by atoms with van der Waals surface area (Å²) in [7, 11) is 0. The first-order valence-electron chi connectivity index (χ1n) is 5.37. The van der Waals surface area contributed by atoms with Crippen LogP contribution in [-0.4, -0.2) is 12.7 Å². The molecule has 3 nitrogen and oxygen atoms in total. The van der Waals surface area contributed by atoms with E-state index >= 15 is 0 Å². The van der Waals surface area contributed by atoms with Crippen molar-refractivity contribution in [2.45, 2.75) is 6.42 Å². The smallest absolute Gasteiger partial charge is 0.404 e. The first kappa shape index (κ1) is 12.3. The lowest BCUT2D eigenvalue weighted by Crippen LogP contribution is -2.15. The van der Waals surface area contributed by atoms with Crippen molar-refractivity contribution in [3.05, 3.63) is 47.5 Å². The predicted octanol–water partition coefficient (Wildman–Crippen LogP) is 2.76. The van der Waals surface area contributed by atoms with Crippen LogP contribution in [-0.2, 0) is 11.2 Å². The number of primary amides is 1. The van der Waals surface area contributed by atoms with Crippen LogP contribution in [0.2, 0.25) is 0 Å². The molecule has 0 fully saturated rings. The van der Waals surface area contributed by atoms with Crippen molar-refractivity contribution in [3.8, 4) is 0 Å². The van der Waals surface area contributed by atoms with E-state index in [2.05, 4.69) is 4.74 Å². The summed E-state index contributed by atoms with van der Waals surface area (Å²) >= 11 is 0. The van der Waals surface area contributed by atoms with E-state index in [4.69, 9.17) is 5.73 Å². The van der Waals surface area contributed by atoms with Crippen LogP contribution in [0.5, 0.6) is 0 Å². The molecule has 0 aliphatic heterocycles. The molecule has 0 bridgehead atoms. The average molecular weight is 251 g/mol. The van der Waals surface area contributed by atoms with Crippen molar-refractivity contribution in [2.75, 3.05) is 6.61 Å². The lowest BCUT2D eigenvalue weighted by Gasteiger charge is -2.08. The Bertz CT molecular complexity index is 599. The lowest BCUT2D eigenvalue weighted by atomic mass is 10.0. The van der Waals surface area contributed by atoms with Crippen molar-refractivity contribution >= 4 is 16.9 Å². The molecule has 5 heteroatoms. The second-order valence-corrected chi connectivity index (χ2v) is 3.79. The number of hydrogen-bond acceptors (Lipinski definition) is 2. The summed E-state index contributed by atoms with van der Waals surface area (Å²) in [5.74, 6) is -1.28. The van der Waals surface area contributed by atoms with Gasteiger partial charge in [-0.05, 0) is 11.5 Å². The van der Waals surface area contributed by atoms with Crippen molar-refractivity contribution in [1.82, 2.24) is 0 Å². The monoisotopic (exact) mass is 251 g/mol. The predicted molar refractivity (Wildman–Crippen MR) is 63.1 cm³/mol. The second kappa shape index (κ2) is 5.00. The number of halogens is 2. The fraction of sp³-hybridized carbons (Fsp3) is 0.154. The number of ether oxygens (including phenoxy) is 1. The zero-order valence-electron chi connectivity index (χ0n) is 9.45. The van der Waals surface area contributed by atoms with E-state index in [-0.39, 0.29) is 18.6 Å². The number of amides is 1. The number of benzene rings is 2. The van der Waals surface area contributed by atoms with Gasteiger partial charge in [0.05, 0.1) is 6.61 Å². The van der Waals surface area contributed by atoms with Gasteiger partial charge in [-0.2, -0.15) is 0 Å². The maximum atomic E-state index is 14.0. The Kier molecular flexibility index (Phi) is 3.41. The van der Waals surface area contributed by atoms with E-state index in [1.807, 2.05) is 0 Å². The van der Waals surface area contributed by atoms with Gasteiger partial charge >= 0.3 is 6.09 Å². The Morgan fingerprint density at radius 1 is 1.28 bits per heavy atom. The summed E-state index contributed by atoms with van der Waals surface area (Å²) in [6.45, 7) is -0.151. The Morgan fingerprint density at radius 2 is 2.00 bits per heavy atom. The topological polar surface area (TPSA) is 52.3 Å². The number of carbonyl (C=O) groups is 1. The Labute approximate surface area is 102 Å². The molecule has 0 heterocycles. The van der Waals surface area contributed by atoms with Crippen LogP contribution in [0.4, 0.5) is 13.6 Å². The van der Waals surface area contributed by atoms with Crippen LogP contribution >= 0.6 is 0 Å². The van der Waals surface area contributed by atoms with E-state index < -0.39 is 17.7 Å². The van der Waals surface area contributed by atoms with E-state index in [0.717, 1.165) is 0 Å². The lowest BCUT2D eigenvalue weighted by molar-refractivity contribution is 0.157. The fourth-order valence-corrected chi connectivity index (χ4v) is 1.80. The molecule has 0 unspecified atom stereocenters. The molecule has 2 N–H and O–H groups in total. The second-order valence-electron chi connectivity index (χ2n) is 3.79. The highest BCUT2D eigenvalue weighted by molar-refractivity contribution is 5.84. The molecule has 1 amide bonds. The number of fused-ring (bicyclic) bond motifs is 1. The average Bonchev–Trinajstić information content (AvgIpc) is 2.33. The molecule has 94 valence electrons. The van der Waals surface area contributed by atoms with Gasteiger partial charge in [0, 0.05) is 17.4 Å². The van der Waals surface area contributed by atoms with Crippen LogP contribution in [0.15, 0.2) is 30.3 Å². The van der Waals surface area contributed by atoms with Gasteiger partial charge in [0.15, 0.2) is 0 Å². The third-order valence-corrected chi connectivity index (χ3v) is 2.63. The third kappa shape index (κ3) is 2.40. The SMILES string of the molecule is NC(=O)OCCc1c(F)cc2ccccc2c1F. The summed E-state index contributed by atoms with van der Waals surface area (Å²) in [6, 6.07) is 7.84. The van der Waals surface area contributed by atoms with Crippen LogP contribution < -0.4 is 5.73 Å². The molecule has 2 rings (SSSR count). The normalized spacial score (nSPS) is 10.6. The van der Waals surface area contributed by atoms with Crippen molar-refractivity contribution in [2.24, 2.45) is 5.73 Å². The number of carbonyl (C=O) groups excluding carboxylic acids is 1. The van der Waals surface area contributed by atoms with Crippen LogP contribution in [0.1, 0.15) is 5.56 Å². The Morgan fingerprint density at radius 3 is 2.72 bits per heavy atom. The molecule has 0 aliphatic rings. The highest BCUT2D eigenvalue weighted by Gasteiger charge is 2.13. The van der Waals surface area contributed by atoms with Crippen molar-refractivity contribution in [1.29, 1.82) is 0 Å². The number of hydrogen-bond donors (Lipinski definition) is 1. The third-order valence-electron chi connectivity index (χ3n) is 2.63. The zero-order valence-corrected chi connectivity index (χ0v) is 9.45. The Hall–Kier alpha value is -2.17. The molecule has 2 aromatic rings. The van der Waals surface area contributed by atoms with Gasteiger partial charge in [-0.25, -0.2) is 13.6 Å². The molecule has 0 saturated carbocycles. The highest BCUT2D eigenvalue weighted by Crippen LogP contribution is 2.24. The van der Waals surface area contributed by atoms with Gasteiger partial charge in [0.25, 0.3) is 0 Å². The van der Waals surface area contributed by atoms with Crippen LogP contribution in [0.3, 0.4) is 0 Å². The molecular weight excluding hydrogens is 240 g/mol. The molecule has 0 aromatic heterocycles. The molecular formula is C13H11F2NO2. The summed E-state index contributed by atoms with van der Waals surface area (Å²) in [5.41, 5.74) is 4.67.